The summed E-state index contributed by atoms with van der Waals surface area (Å²) in [5, 5.41) is 3.15. The molecule has 0 aliphatic rings. The van der Waals surface area contributed by atoms with Gasteiger partial charge in [0.25, 0.3) is 0 Å². The number of ether oxygens (including phenoxy) is 1. The van der Waals surface area contributed by atoms with Crippen LogP contribution in [0.4, 0.5) is 5.69 Å². The zero-order valence-electron chi connectivity index (χ0n) is 11.2. The largest absolute Gasteiger partial charge is 0.382 e. The van der Waals surface area contributed by atoms with Crippen LogP contribution >= 0.6 is 0 Å². The molecule has 0 amide bonds. The Balaban J connectivity index is 2.72. The fourth-order valence-electron chi connectivity index (χ4n) is 1.61. The molecule has 0 spiro atoms. The summed E-state index contributed by atoms with van der Waals surface area (Å²) in [6.45, 7) is 4.64. The summed E-state index contributed by atoms with van der Waals surface area (Å²) in [5.74, 6) is 5.99. The van der Waals surface area contributed by atoms with E-state index in [4.69, 9.17) is 10.6 Å². The van der Waals surface area contributed by atoms with Crippen LogP contribution in [0.2, 0.25) is 0 Å². The van der Waals surface area contributed by atoms with Gasteiger partial charge in [-0.05, 0) is 31.0 Å². The van der Waals surface area contributed by atoms with Crippen LogP contribution in [-0.2, 0) is 11.2 Å². The molecule has 0 bridgehead atoms. The number of nitrogens with zero attached hydrogens (tertiary/aromatic N) is 1. The highest BCUT2D eigenvalue weighted by molar-refractivity contribution is 5.93. The number of hydrogen-bond donors (Lipinski definition) is 3. The second-order valence-corrected chi connectivity index (χ2v) is 4.11. The van der Waals surface area contributed by atoms with Crippen molar-refractivity contribution in [3.63, 3.8) is 0 Å². The lowest BCUT2D eigenvalue weighted by molar-refractivity contribution is 0.185. The molecule has 0 heterocycles. The van der Waals surface area contributed by atoms with E-state index in [2.05, 4.69) is 34.8 Å². The second kappa shape index (κ2) is 7.68. The molecule has 100 valence electrons. The number of hydrogen-bond acceptors (Lipinski definition) is 3. The van der Waals surface area contributed by atoms with E-state index in [9.17, 15) is 0 Å². The topological polar surface area (TPSA) is 71.7 Å². The minimum Gasteiger partial charge on any atom is -0.382 e. The minimum absolute atomic E-state index is 0.0444. The van der Waals surface area contributed by atoms with Gasteiger partial charge >= 0.3 is 0 Å². The van der Waals surface area contributed by atoms with Gasteiger partial charge in [0, 0.05) is 12.8 Å². The predicted octanol–water partition coefficient (Wildman–Crippen LogP) is 1.52. The lowest BCUT2D eigenvalue weighted by Gasteiger charge is -2.12. The number of nitrogens with two attached hydrogens (primary N) is 1. The predicted molar refractivity (Wildman–Crippen MR) is 75.5 cm³/mol. The molecule has 0 aliphatic carbocycles. The van der Waals surface area contributed by atoms with E-state index < -0.39 is 0 Å². The Hall–Kier alpha value is -1.59. The summed E-state index contributed by atoms with van der Waals surface area (Å²) in [6, 6.07) is 8.20. The lowest BCUT2D eigenvalue weighted by Crippen LogP contribution is -2.37. The molecule has 4 N–H and O–H groups in total. The highest BCUT2D eigenvalue weighted by atomic mass is 16.5. The monoisotopic (exact) mass is 250 g/mol. The minimum atomic E-state index is 0.0444. The Labute approximate surface area is 108 Å². The Morgan fingerprint density at radius 1 is 1.50 bits per heavy atom. The van der Waals surface area contributed by atoms with Crippen molar-refractivity contribution in [2.45, 2.75) is 26.3 Å². The Morgan fingerprint density at radius 2 is 2.28 bits per heavy atom. The molecule has 1 aromatic rings. The van der Waals surface area contributed by atoms with Crippen molar-refractivity contribution in [3.05, 3.63) is 29.8 Å². The zero-order valence-corrected chi connectivity index (χ0v) is 11.2. The SMILES string of the molecule is CCc1cccc(NC(=NC(C)COC)NN)c1. The molecule has 1 unspecified atom stereocenters. The van der Waals surface area contributed by atoms with E-state index in [1.54, 1.807) is 7.11 Å². The van der Waals surface area contributed by atoms with Crippen LogP contribution in [0.15, 0.2) is 29.3 Å². The maximum absolute atomic E-state index is 5.45. The van der Waals surface area contributed by atoms with E-state index in [-0.39, 0.29) is 6.04 Å². The molecule has 0 aliphatic heterocycles. The summed E-state index contributed by atoms with van der Waals surface area (Å²) in [6.07, 6.45) is 0.998. The summed E-state index contributed by atoms with van der Waals surface area (Å²) < 4.78 is 5.03. The third-order valence-electron chi connectivity index (χ3n) is 2.49. The van der Waals surface area contributed by atoms with Gasteiger partial charge in [0.2, 0.25) is 5.96 Å². The smallest absolute Gasteiger partial charge is 0.210 e. The number of benzene rings is 1. The second-order valence-electron chi connectivity index (χ2n) is 4.11. The highest BCUT2D eigenvalue weighted by Gasteiger charge is 2.03. The van der Waals surface area contributed by atoms with Crippen molar-refractivity contribution in [1.82, 2.24) is 5.43 Å². The van der Waals surface area contributed by atoms with Gasteiger partial charge in [-0.1, -0.05) is 19.1 Å². The van der Waals surface area contributed by atoms with Crippen LogP contribution in [0.5, 0.6) is 0 Å². The zero-order chi connectivity index (χ0) is 13.4. The van der Waals surface area contributed by atoms with Gasteiger partial charge in [-0.25, -0.2) is 10.8 Å². The fraction of sp³-hybridized carbons (Fsp3) is 0.462. The Morgan fingerprint density at radius 3 is 2.89 bits per heavy atom. The molecule has 1 atom stereocenters. The maximum Gasteiger partial charge on any atom is 0.210 e. The van der Waals surface area contributed by atoms with E-state index in [0.29, 0.717) is 12.6 Å². The van der Waals surface area contributed by atoms with Crippen molar-refractivity contribution in [2.24, 2.45) is 10.8 Å². The third-order valence-corrected chi connectivity index (χ3v) is 2.49. The molecule has 0 aromatic heterocycles. The molecule has 5 heteroatoms. The van der Waals surface area contributed by atoms with E-state index in [0.717, 1.165) is 12.1 Å². The first-order chi connectivity index (χ1) is 8.69. The number of guanidine groups is 1. The number of rotatable bonds is 5. The molecular weight excluding hydrogens is 228 g/mol. The van der Waals surface area contributed by atoms with Crippen LogP contribution in [0, 0.1) is 0 Å². The van der Waals surface area contributed by atoms with E-state index in [1.165, 1.54) is 5.56 Å². The van der Waals surface area contributed by atoms with Crippen molar-refractivity contribution < 1.29 is 4.74 Å². The average Bonchev–Trinajstić information content (AvgIpc) is 2.38. The molecule has 0 saturated carbocycles. The molecule has 1 aromatic carbocycles. The molecule has 0 fully saturated rings. The van der Waals surface area contributed by atoms with Gasteiger partial charge < -0.3 is 10.1 Å². The van der Waals surface area contributed by atoms with Crippen LogP contribution in [0.3, 0.4) is 0 Å². The Kier molecular flexibility index (Phi) is 6.18. The van der Waals surface area contributed by atoms with Crippen molar-refractivity contribution in [3.8, 4) is 0 Å². The highest BCUT2D eigenvalue weighted by Crippen LogP contribution is 2.10. The van der Waals surface area contributed by atoms with Gasteiger partial charge in [-0.15, -0.1) is 0 Å². The molecular formula is C13H22N4O. The number of methoxy groups -OCH3 is 1. The van der Waals surface area contributed by atoms with Gasteiger partial charge in [-0.3, -0.25) is 5.43 Å². The molecule has 0 saturated heterocycles. The Bertz CT molecular complexity index is 392. The number of aryl methyl sites for hydroxylation is 1. The average molecular weight is 250 g/mol. The maximum atomic E-state index is 5.45. The normalized spacial score (nSPS) is 13.2. The van der Waals surface area contributed by atoms with Crippen molar-refractivity contribution in [2.75, 3.05) is 19.0 Å². The molecule has 1 rings (SSSR count). The first-order valence-electron chi connectivity index (χ1n) is 6.09. The number of aliphatic imine (C=N–C) groups is 1. The molecule has 5 nitrogen and oxygen atoms in total. The van der Waals surface area contributed by atoms with Crippen molar-refractivity contribution >= 4 is 11.6 Å². The molecule has 18 heavy (non-hydrogen) atoms. The first kappa shape index (κ1) is 14.5. The standard InChI is InChI=1S/C13H22N4O/c1-4-11-6-5-7-12(8-11)16-13(17-14)15-10(2)9-18-3/h5-8,10H,4,9,14H2,1-3H3,(H2,15,16,17). The van der Waals surface area contributed by atoms with Gasteiger partial charge in [-0.2, -0.15) is 0 Å². The summed E-state index contributed by atoms with van der Waals surface area (Å²) in [5.41, 5.74) is 4.79. The fourth-order valence-corrected chi connectivity index (χ4v) is 1.61. The lowest BCUT2D eigenvalue weighted by atomic mass is 10.1. The molecule has 0 radical (unpaired) electrons. The van der Waals surface area contributed by atoms with Gasteiger partial charge in [0.15, 0.2) is 0 Å². The summed E-state index contributed by atoms with van der Waals surface area (Å²) in [4.78, 5) is 4.38. The number of anilines is 1. The van der Waals surface area contributed by atoms with Crippen LogP contribution in [-0.4, -0.2) is 25.7 Å². The summed E-state index contributed by atoms with van der Waals surface area (Å²) in [7, 11) is 1.65. The number of hydrazine groups is 1. The first-order valence-corrected chi connectivity index (χ1v) is 6.09. The number of nitrogens with one attached hydrogen (secondary N) is 2. The quantitative estimate of drug-likeness (QED) is 0.321. The van der Waals surface area contributed by atoms with Gasteiger partial charge in [0.05, 0.1) is 12.6 Å². The van der Waals surface area contributed by atoms with E-state index in [1.807, 2.05) is 19.1 Å². The van der Waals surface area contributed by atoms with Crippen LogP contribution < -0.4 is 16.6 Å². The van der Waals surface area contributed by atoms with Crippen LogP contribution in [0.25, 0.3) is 0 Å². The summed E-state index contributed by atoms with van der Waals surface area (Å²) >= 11 is 0. The van der Waals surface area contributed by atoms with Crippen LogP contribution in [0.1, 0.15) is 19.4 Å². The van der Waals surface area contributed by atoms with Gasteiger partial charge in [0.1, 0.15) is 0 Å². The van der Waals surface area contributed by atoms with Crippen molar-refractivity contribution in [1.29, 1.82) is 0 Å². The van der Waals surface area contributed by atoms with E-state index >= 15 is 0 Å². The third kappa shape index (κ3) is 4.73.